The summed E-state index contributed by atoms with van der Waals surface area (Å²) in [6.45, 7) is 5.30. The molecule has 2 atom stereocenters. The van der Waals surface area contributed by atoms with E-state index in [1.807, 2.05) is 11.0 Å². The smallest absolute Gasteiger partial charge is 0.302 e. The van der Waals surface area contributed by atoms with Crippen molar-refractivity contribution in [2.24, 2.45) is 0 Å². The minimum atomic E-state index is -0.394. The van der Waals surface area contributed by atoms with Gasteiger partial charge in [0.05, 0.1) is 11.6 Å². The zero-order chi connectivity index (χ0) is 13.2. The summed E-state index contributed by atoms with van der Waals surface area (Å²) in [6, 6.07) is 0.179. The third-order valence-corrected chi connectivity index (χ3v) is 3.67. The van der Waals surface area contributed by atoms with Gasteiger partial charge < -0.3 is 9.64 Å². The van der Waals surface area contributed by atoms with E-state index in [0.29, 0.717) is 12.8 Å². The molecule has 1 amide bonds. The number of ether oxygens (including phenoxy) is 1. The molecule has 0 aromatic rings. The first-order valence-electron chi connectivity index (χ1n) is 6.35. The van der Waals surface area contributed by atoms with Gasteiger partial charge in [0.15, 0.2) is 0 Å². The van der Waals surface area contributed by atoms with Crippen LogP contribution >= 0.6 is 0 Å². The number of carbonyl (C=O) groups is 2. The Labute approximate surface area is 107 Å². The molecule has 2 bridgehead atoms. The second kappa shape index (κ2) is 4.96. The van der Waals surface area contributed by atoms with Crippen molar-refractivity contribution in [3.8, 4) is 0 Å². The van der Waals surface area contributed by atoms with E-state index in [0.717, 1.165) is 12.8 Å². The topological polar surface area (TPSA) is 46.6 Å². The Morgan fingerprint density at radius 3 is 2.94 bits per heavy atom. The lowest BCUT2D eigenvalue weighted by molar-refractivity contribution is -0.148. The first-order chi connectivity index (χ1) is 8.59. The summed E-state index contributed by atoms with van der Waals surface area (Å²) in [5.74, 6) is -0.179. The maximum Gasteiger partial charge on any atom is 0.302 e. The molecule has 0 aromatic carbocycles. The Bertz CT molecular complexity index is 402. The van der Waals surface area contributed by atoms with Crippen LogP contribution in [0.15, 0.2) is 24.8 Å². The molecule has 1 fully saturated rings. The lowest BCUT2D eigenvalue weighted by atomic mass is 9.94. The summed E-state index contributed by atoms with van der Waals surface area (Å²) in [6.07, 6.45) is 8.82. The van der Waals surface area contributed by atoms with Gasteiger partial charge in [0.2, 0.25) is 5.91 Å². The van der Waals surface area contributed by atoms with E-state index < -0.39 is 5.54 Å². The summed E-state index contributed by atoms with van der Waals surface area (Å²) in [5, 5.41) is 0. The fraction of sp³-hybridized carbons (Fsp3) is 0.571. The minimum absolute atomic E-state index is 0.120. The Morgan fingerprint density at radius 1 is 1.61 bits per heavy atom. The fourth-order valence-corrected chi connectivity index (χ4v) is 2.81. The molecular weight excluding hydrogens is 230 g/mol. The number of allylic oxidation sites excluding steroid dienone is 1. The van der Waals surface area contributed by atoms with Crippen molar-refractivity contribution in [1.29, 1.82) is 0 Å². The van der Waals surface area contributed by atoms with E-state index in [-0.39, 0.29) is 24.5 Å². The Hall–Kier alpha value is -1.58. The second-order valence-corrected chi connectivity index (χ2v) is 4.94. The quantitative estimate of drug-likeness (QED) is 0.551. The number of nitrogens with zero attached hydrogens (tertiary/aromatic N) is 1. The molecule has 4 nitrogen and oxygen atoms in total. The third kappa shape index (κ3) is 2.19. The first kappa shape index (κ1) is 12.9. The summed E-state index contributed by atoms with van der Waals surface area (Å²) in [7, 11) is 0. The minimum Gasteiger partial charge on any atom is -0.463 e. The molecule has 0 saturated carbocycles. The van der Waals surface area contributed by atoms with E-state index >= 15 is 0 Å². The van der Waals surface area contributed by atoms with Gasteiger partial charge in [-0.05, 0) is 19.3 Å². The number of carbonyl (C=O) groups excluding carboxylic acids is 2. The lowest BCUT2D eigenvalue weighted by Gasteiger charge is -2.33. The van der Waals surface area contributed by atoms with Gasteiger partial charge in [0, 0.05) is 13.3 Å². The average molecular weight is 249 g/mol. The number of hydrogen-bond acceptors (Lipinski definition) is 3. The zero-order valence-corrected chi connectivity index (χ0v) is 10.7. The standard InChI is InChI=1S/C14H19NO3/c1-3-4-5-13(17)15-12-6-8-14(15,9-7-12)10-18-11(2)16/h3,6,8,12H,1,4-5,7,9-10H2,2H3/t12-,14+/m0/s1. The molecule has 2 aliphatic heterocycles. The van der Waals surface area contributed by atoms with Crippen LogP contribution in [-0.2, 0) is 14.3 Å². The monoisotopic (exact) mass is 249 g/mol. The predicted octanol–water partition coefficient (Wildman–Crippen LogP) is 1.82. The molecule has 2 aliphatic rings. The van der Waals surface area contributed by atoms with Crippen molar-refractivity contribution < 1.29 is 14.3 Å². The van der Waals surface area contributed by atoms with Crippen LogP contribution in [0.3, 0.4) is 0 Å². The first-order valence-corrected chi connectivity index (χ1v) is 6.35. The second-order valence-electron chi connectivity index (χ2n) is 4.94. The molecule has 1 saturated heterocycles. The molecule has 0 aromatic heterocycles. The van der Waals surface area contributed by atoms with Gasteiger partial charge in [-0.3, -0.25) is 9.59 Å². The maximum atomic E-state index is 12.2. The molecule has 0 radical (unpaired) electrons. The normalized spacial score (nSPS) is 28.5. The van der Waals surface area contributed by atoms with Crippen LogP contribution in [0.1, 0.15) is 32.6 Å². The number of rotatable bonds is 5. The van der Waals surface area contributed by atoms with Gasteiger partial charge in [-0.25, -0.2) is 0 Å². The summed E-state index contributed by atoms with van der Waals surface area (Å²) in [5.41, 5.74) is -0.394. The fourth-order valence-electron chi connectivity index (χ4n) is 2.81. The molecule has 0 N–H and O–H groups in total. The predicted molar refractivity (Wildman–Crippen MR) is 67.8 cm³/mol. The van der Waals surface area contributed by atoms with E-state index in [1.165, 1.54) is 6.92 Å². The highest BCUT2D eigenvalue weighted by molar-refractivity contribution is 5.79. The van der Waals surface area contributed by atoms with Gasteiger partial charge in [-0.1, -0.05) is 18.2 Å². The van der Waals surface area contributed by atoms with Crippen LogP contribution in [0.5, 0.6) is 0 Å². The van der Waals surface area contributed by atoms with Crippen molar-refractivity contribution >= 4 is 11.9 Å². The van der Waals surface area contributed by atoms with Crippen LogP contribution < -0.4 is 0 Å². The van der Waals surface area contributed by atoms with E-state index in [4.69, 9.17) is 4.74 Å². The molecule has 0 spiro atoms. The van der Waals surface area contributed by atoms with Gasteiger partial charge >= 0.3 is 5.97 Å². The number of fused-ring (bicyclic) bond motifs is 2. The van der Waals surface area contributed by atoms with Crippen molar-refractivity contribution in [1.82, 2.24) is 4.90 Å². The van der Waals surface area contributed by atoms with Crippen molar-refractivity contribution in [2.75, 3.05) is 6.61 Å². The Kier molecular flexibility index (Phi) is 3.55. The van der Waals surface area contributed by atoms with E-state index in [1.54, 1.807) is 6.08 Å². The van der Waals surface area contributed by atoms with Gasteiger partial charge in [-0.2, -0.15) is 0 Å². The van der Waals surface area contributed by atoms with Crippen LogP contribution in [-0.4, -0.2) is 35.0 Å². The molecule has 0 unspecified atom stereocenters. The summed E-state index contributed by atoms with van der Waals surface area (Å²) in [4.78, 5) is 25.1. The van der Waals surface area contributed by atoms with Gasteiger partial charge in [-0.15, -0.1) is 6.58 Å². The highest BCUT2D eigenvalue weighted by Crippen LogP contribution is 2.42. The molecular formula is C14H19NO3. The van der Waals surface area contributed by atoms with Crippen LogP contribution in [0.4, 0.5) is 0 Å². The molecule has 4 heteroatoms. The summed E-state index contributed by atoms with van der Waals surface area (Å²) < 4.78 is 5.13. The largest absolute Gasteiger partial charge is 0.463 e. The molecule has 18 heavy (non-hydrogen) atoms. The highest BCUT2D eigenvalue weighted by Gasteiger charge is 2.50. The number of hydrogen-bond donors (Lipinski definition) is 0. The Balaban J connectivity index is 2.07. The zero-order valence-electron chi connectivity index (χ0n) is 10.7. The SMILES string of the molecule is C=CCCC(=O)N1[C@H]2C=C[C@]1(COC(C)=O)CC2. The molecule has 2 rings (SSSR count). The summed E-state index contributed by atoms with van der Waals surface area (Å²) >= 11 is 0. The van der Waals surface area contributed by atoms with Crippen molar-refractivity contribution in [2.45, 2.75) is 44.2 Å². The van der Waals surface area contributed by atoms with Crippen molar-refractivity contribution in [3.63, 3.8) is 0 Å². The highest BCUT2D eigenvalue weighted by atomic mass is 16.5. The van der Waals surface area contributed by atoms with Gasteiger partial charge in [0.1, 0.15) is 6.61 Å². The Morgan fingerprint density at radius 2 is 2.39 bits per heavy atom. The average Bonchev–Trinajstić information content (AvgIpc) is 2.89. The van der Waals surface area contributed by atoms with Crippen LogP contribution in [0.25, 0.3) is 0 Å². The number of esters is 1. The third-order valence-electron chi connectivity index (χ3n) is 3.67. The van der Waals surface area contributed by atoms with Crippen LogP contribution in [0.2, 0.25) is 0 Å². The number of amides is 1. The van der Waals surface area contributed by atoms with Gasteiger partial charge in [0.25, 0.3) is 0 Å². The van der Waals surface area contributed by atoms with Crippen molar-refractivity contribution in [3.05, 3.63) is 24.8 Å². The lowest BCUT2D eigenvalue weighted by Crippen LogP contribution is -2.48. The van der Waals surface area contributed by atoms with E-state index in [9.17, 15) is 9.59 Å². The maximum absolute atomic E-state index is 12.2. The van der Waals surface area contributed by atoms with E-state index in [2.05, 4.69) is 12.7 Å². The van der Waals surface area contributed by atoms with Crippen LogP contribution in [0, 0.1) is 0 Å². The molecule has 2 heterocycles. The molecule has 98 valence electrons. The molecule has 0 aliphatic carbocycles.